The Labute approximate surface area is 176 Å². The molecule has 0 spiro atoms. The summed E-state index contributed by atoms with van der Waals surface area (Å²) < 4.78 is 20.3. The Morgan fingerprint density at radius 3 is 2.60 bits per heavy atom. The zero-order chi connectivity index (χ0) is 21.3. The van der Waals surface area contributed by atoms with Gasteiger partial charge in [0.05, 0.1) is 18.2 Å². The second kappa shape index (κ2) is 8.53. The molecule has 1 aromatic rings. The van der Waals surface area contributed by atoms with Crippen molar-refractivity contribution in [3.63, 3.8) is 0 Å². The molecule has 7 heteroatoms. The molecule has 30 heavy (non-hydrogen) atoms. The van der Waals surface area contributed by atoms with E-state index in [0.29, 0.717) is 44.0 Å². The first-order valence-corrected chi connectivity index (χ1v) is 11.0. The van der Waals surface area contributed by atoms with Crippen molar-refractivity contribution in [1.29, 1.82) is 0 Å². The summed E-state index contributed by atoms with van der Waals surface area (Å²) in [7, 11) is 0. The summed E-state index contributed by atoms with van der Waals surface area (Å²) in [6.45, 7) is 3.14. The molecule has 0 aromatic heterocycles. The van der Waals surface area contributed by atoms with Crippen LogP contribution in [0.25, 0.3) is 0 Å². The van der Waals surface area contributed by atoms with Gasteiger partial charge < -0.3 is 20.1 Å². The number of hydrogen-bond acceptors (Lipinski definition) is 4. The van der Waals surface area contributed by atoms with Crippen LogP contribution in [-0.4, -0.2) is 53.7 Å². The average molecular weight is 419 g/mol. The number of halogens is 1. The van der Waals surface area contributed by atoms with Crippen LogP contribution in [0.3, 0.4) is 0 Å². The molecule has 1 atom stereocenters. The van der Waals surface area contributed by atoms with E-state index in [1.807, 2.05) is 17.9 Å². The van der Waals surface area contributed by atoms with Gasteiger partial charge in [0.2, 0.25) is 12.3 Å². The second-order valence-corrected chi connectivity index (χ2v) is 9.26. The SMILES string of the molecule is CC(Oc1ccc(C2CC2)cc1F)C1CCN(C(=O)[C@H]2C[C@@](CO)(NC=O)C2)CC1. The van der Waals surface area contributed by atoms with E-state index in [1.165, 1.54) is 0 Å². The van der Waals surface area contributed by atoms with Crippen LogP contribution >= 0.6 is 0 Å². The first kappa shape index (κ1) is 21.1. The molecule has 0 bridgehead atoms. The molecule has 1 aliphatic heterocycles. The smallest absolute Gasteiger partial charge is 0.225 e. The number of hydrogen-bond donors (Lipinski definition) is 2. The molecule has 3 fully saturated rings. The Balaban J connectivity index is 1.25. The van der Waals surface area contributed by atoms with Crippen LogP contribution in [0.2, 0.25) is 0 Å². The molecule has 1 heterocycles. The number of benzene rings is 1. The molecule has 4 rings (SSSR count). The number of aliphatic hydroxyl groups excluding tert-OH is 1. The third-order valence-corrected chi connectivity index (χ3v) is 7.12. The highest BCUT2D eigenvalue weighted by atomic mass is 19.1. The van der Waals surface area contributed by atoms with Crippen LogP contribution in [0.15, 0.2) is 18.2 Å². The summed E-state index contributed by atoms with van der Waals surface area (Å²) in [5.74, 6) is 0.754. The fraction of sp³-hybridized carbons (Fsp3) is 0.652. The topological polar surface area (TPSA) is 78.9 Å². The molecule has 6 nitrogen and oxygen atoms in total. The van der Waals surface area contributed by atoms with E-state index in [2.05, 4.69) is 5.32 Å². The van der Waals surface area contributed by atoms with E-state index in [9.17, 15) is 19.1 Å². The number of piperidine rings is 1. The fourth-order valence-electron chi connectivity index (χ4n) is 4.90. The van der Waals surface area contributed by atoms with Gasteiger partial charge in [-0.15, -0.1) is 0 Å². The quantitative estimate of drug-likeness (QED) is 0.636. The lowest BCUT2D eigenvalue weighted by Gasteiger charge is -2.47. The minimum Gasteiger partial charge on any atom is -0.487 e. The van der Waals surface area contributed by atoms with Crippen molar-refractivity contribution < 1.29 is 23.8 Å². The summed E-state index contributed by atoms with van der Waals surface area (Å²) in [5.41, 5.74) is 0.422. The molecule has 2 saturated carbocycles. The minimum absolute atomic E-state index is 0.0977. The molecule has 3 aliphatic rings. The average Bonchev–Trinajstić information content (AvgIpc) is 3.57. The number of rotatable bonds is 8. The molecular formula is C23H31FN2O4. The normalized spacial score (nSPS) is 27.8. The highest BCUT2D eigenvalue weighted by Crippen LogP contribution is 2.41. The highest BCUT2D eigenvalue weighted by Gasteiger charge is 2.48. The van der Waals surface area contributed by atoms with E-state index in [-0.39, 0.29) is 36.3 Å². The zero-order valence-electron chi connectivity index (χ0n) is 17.5. The molecule has 164 valence electrons. The van der Waals surface area contributed by atoms with Crippen molar-refractivity contribution in [2.45, 2.75) is 63.0 Å². The molecule has 2 N–H and O–H groups in total. The number of ether oxygens (including phenoxy) is 1. The van der Waals surface area contributed by atoms with Gasteiger partial charge in [0, 0.05) is 19.0 Å². The molecule has 0 radical (unpaired) electrons. The number of nitrogens with zero attached hydrogens (tertiary/aromatic N) is 1. The molecule has 1 aromatic carbocycles. The Kier molecular flexibility index (Phi) is 6.00. The number of carbonyl (C=O) groups excluding carboxylic acids is 2. The summed E-state index contributed by atoms with van der Waals surface area (Å²) >= 11 is 0. The van der Waals surface area contributed by atoms with Crippen LogP contribution in [0.5, 0.6) is 5.75 Å². The lowest BCUT2D eigenvalue weighted by atomic mass is 9.68. The lowest BCUT2D eigenvalue weighted by molar-refractivity contribution is -0.145. The molecule has 2 aliphatic carbocycles. The van der Waals surface area contributed by atoms with Crippen LogP contribution in [0.1, 0.15) is 56.9 Å². The first-order chi connectivity index (χ1) is 14.4. The summed E-state index contributed by atoms with van der Waals surface area (Å²) in [4.78, 5) is 25.3. The number of aliphatic hydroxyl groups is 1. The molecule has 2 amide bonds. The Morgan fingerprint density at radius 2 is 2.03 bits per heavy atom. The van der Waals surface area contributed by atoms with Gasteiger partial charge in [-0.2, -0.15) is 0 Å². The number of amides is 2. The predicted octanol–water partition coefficient (Wildman–Crippen LogP) is 2.60. The third kappa shape index (κ3) is 4.31. The maximum Gasteiger partial charge on any atom is 0.225 e. The van der Waals surface area contributed by atoms with Crippen LogP contribution in [0.4, 0.5) is 4.39 Å². The van der Waals surface area contributed by atoms with Gasteiger partial charge in [-0.05, 0) is 75.0 Å². The molecule has 1 unspecified atom stereocenters. The number of nitrogens with one attached hydrogen (secondary N) is 1. The maximum absolute atomic E-state index is 14.4. The van der Waals surface area contributed by atoms with Crippen molar-refractivity contribution >= 4 is 12.3 Å². The standard InChI is InChI=1S/C23H31FN2O4/c1-15(30-21-5-4-18(10-20(21)24)17-2-3-17)16-6-8-26(9-7-16)22(29)19-11-23(12-19,13-27)25-14-28/h4-5,10,14-17,19,27H,2-3,6-9,11-13H2,1H3,(H,25,28)/t15?,19-,23+. The zero-order valence-corrected chi connectivity index (χ0v) is 17.5. The van der Waals surface area contributed by atoms with E-state index in [0.717, 1.165) is 31.2 Å². The number of likely N-dealkylation sites (tertiary alicyclic amines) is 1. The van der Waals surface area contributed by atoms with E-state index in [1.54, 1.807) is 12.1 Å². The van der Waals surface area contributed by atoms with Crippen LogP contribution in [-0.2, 0) is 9.59 Å². The van der Waals surface area contributed by atoms with Gasteiger partial charge in [0.1, 0.15) is 0 Å². The van der Waals surface area contributed by atoms with Crippen molar-refractivity contribution in [1.82, 2.24) is 10.2 Å². The van der Waals surface area contributed by atoms with E-state index >= 15 is 0 Å². The third-order valence-electron chi connectivity index (χ3n) is 7.12. The second-order valence-electron chi connectivity index (χ2n) is 9.26. The van der Waals surface area contributed by atoms with Crippen LogP contribution < -0.4 is 10.1 Å². The van der Waals surface area contributed by atoms with Gasteiger partial charge in [0.25, 0.3) is 0 Å². The monoisotopic (exact) mass is 418 g/mol. The highest BCUT2D eigenvalue weighted by molar-refractivity contribution is 5.80. The van der Waals surface area contributed by atoms with Crippen molar-refractivity contribution in [2.75, 3.05) is 19.7 Å². The first-order valence-electron chi connectivity index (χ1n) is 11.0. The van der Waals surface area contributed by atoms with E-state index in [4.69, 9.17) is 4.74 Å². The summed E-state index contributed by atoms with van der Waals surface area (Å²) in [5, 5.41) is 12.1. The summed E-state index contributed by atoms with van der Waals surface area (Å²) in [6, 6.07) is 5.32. The van der Waals surface area contributed by atoms with E-state index < -0.39 is 5.54 Å². The largest absolute Gasteiger partial charge is 0.487 e. The summed E-state index contributed by atoms with van der Waals surface area (Å²) in [6.07, 6.45) is 5.36. The van der Waals surface area contributed by atoms with Gasteiger partial charge in [-0.3, -0.25) is 9.59 Å². The van der Waals surface area contributed by atoms with Gasteiger partial charge in [0.15, 0.2) is 11.6 Å². The number of carbonyl (C=O) groups is 2. The predicted molar refractivity (Wildman–Crippen MR) is 110 cm³/mol. The van der Waals surface area contributed by atoms with Crippen LogP contribution in [0, 0.1) is 17.7 Å². The maximum atomic E-state index is 14.4. The Bertz CT molecular complexity index is 783. The fourth-order valence-corrected chi connectivity index (χ4v) is 4.90. The van der Waals surface area contributed by atoms with Crippen molar-refractivity contribution in [3.05, 3.63) is 29.6 Å². The Morgan fingerprint density at radius 1 is 1.33 bits per heavy atom. The van der Waals surface area contributed by atoms with Gasteiger partial charge >= 0.3 is 0 Å². The molecular weight excluding hydrogens is 387 g/mol. The lowest BCUT2D eigenvalue weighted by Crippen LogP contribution is -2.61. The van der Waals surface area contributed by atoms with Gasteiger partial charge in [-0.25, -0.2) is 4.39 Å². The van der Waals surface area contributed by atoms with Crippen molar-refractivity contribution in [3.8, 4) is 5.75 Å². The van der Waals surface area contributed by atoms with Crippen molar-refractivity contribution in [2.24, 2.45) is 11.8 Å². The minimum atomic E-state index is -0.637. The van der Waals surface area contributed by atoms with Gasteiger partial charge in [-0.1, -0.05) is 6.07 Å². The molecule has 1 saturated heterocycles. The Hall–Kier alpha value is -2.15.